The molecule has 1 unspecified atom stereocenters. The van der Waals surface area contributed by atoms with E-state index in [-0.39, 0.29) is 35.6 Å². The van der Waals surface area contributed by atoms with Crippen LogP contribution in [0.5, 0.6) is 0 Å². The maximum atomic E-state index is 14.2. The molecule has 1 aromatic carbocycles. The van der Waals surface area contributed by atoms with Gasteiger partial charge < -0.3 is 11.1 Å². The first-order chi connectivity index (χ1) is 14.7. The number of hydrogen-bond acceptors (Lipinski definition) is 5. The van der Waals surface area contributed by atoms with Crippen molar-refractivity contribution in [2.45, 2.75) is 40.7 Å². The maximum Gasteiger partial charge on any atom is 0.183 e. The van der Waals surface area contributed by atoms with Crippen LogP contribution in [-0.2, 0) is 6.54 Å². The monoisotopic (exact) mass is 427 g/mol. The van der Waals surface area contributed by atoms with Gasteiger partial charge in [0.05, 0.1) is 18.4 Å². The largest absolute Gasteiger partial charge is 0.396 e. The smallest absolute Gasteiger partial charge is 0.183 e. The van der Waals surface area contributed by atoms with Gasteiger partial charge >= 0.3 is 0 Å². The maximum absolute atomic E-state index is 14.2. The van der Waals surface area contributed by atoms with E-state index in [1.165, 1.54) is 6.07 Å². The van der Waals surface area contributed by atoms with E-state index in [4.69, 9.17) is 5.73 Å². The van der Waals surface area contributed by atoms with Gasteiger partial charge in [-0.3, -0.25) is 4.99 Å². The highest BCUT2D eigenvalue weighted by Gasteiger charge is 2.16. The van der Waals surface area contributed by atoms with Crippen LogP contribution in [0.4, 0.5) is 14.6 Å². The van der Waals surface area contributed by atoms with Crippen molar-refractivity contribution in [3.63, 3.8) is 0 Å². The van der Waals surface area contributed by atoms with Crippen LogP contribution in [0.25, 0.3) is 5.70 Å². The Hall–Kier alpha value is -3.09. The standard InChI is InChI=1S/C24H31F2N5/c1-6-18(28-12-17-9-7-8-10-20(17)25)11-22(27)24-30-14-21(26)23(31-24)29-13-19(15(2)3)16(4)5/h7-11,14,16,19H,2,6,12-13,27H2,1,3-5H3,(H,29,30,31). The van der Waals surface area contributed by atoms with Gasteiger partial charge in [0.25, 0.3) is 0 Å². The SMILES string of the molecule is C=C(C)C(CNc1nc(C(N)=CC(CC)=NCc2ccccc2F)ncc1F)C(C)C. The number of rotatable bonds is 10. The molecule has 2 aromatic rings. The zero-order valence-electron chi connectivity index (χ0n) is 18.6. The van der Waals surface area contributed by atoms with E-state index in [2.05, 4.69) is 40.7 Å². The molecule has 0 fully saturated rings. The van der Waals surface area contributed by atoms with Crippen LogP contribution in [0, 0.1) is 23.5 Å². The molecule has 1 aromatic heterocycles. The van der Waals surface area contributed by atoms with Crippen LogP contribution in [-0.4, -0.2) is 22.2 Å². The third-order valence-electron chi connectivity index (χ3n) is 5.02. The third-order valence-corrected chi connectivity index (χ3v) is 5.02. The van der Waals surface area contributed by atoms with Crippen molar-refractivity contribution in [3.05, 3.63) is 71.7 Å². The second kappa shape index (κ2) is 11.3. The van der Waals surface area contributed by atoms with Gasteiger partial charge in [0.1, 0.15) is 5.82 Å². The fourth-order valence-corrected chi connectivity index (χ4v) is 3.13. The predicted molar refractivity (Wildman–Crippen MR) is 124 cm³/mol. The van der Waals surface area contributed by atoms with Gasteiger partial charge in [-0.25, -0.2) is 18.7 Å². The molecule has 7 heteroatoms. The van der Waals surface area contributed by atoms with E-state index in [0.717, 1.165) is 11.8 Å². The summed E-state index contributed by atoms with van der Waals surface area (Å²) in [5.41, 5.74) is 8.62. The van der Waals surface area contributed by atoms with Crippen molar-refractivity contribution in [3.8, 4) is 0 Å². The second-order valence-electron chi connectivity index (χ2n) is 7.82. The van der Waals surface area contributed by atoms with Crippen LogP contribution in [0.2, 0.25) is 0 Å². The first-order valence-electron chi connectivity index (χ1n) is 10.4. The lowest BCUT2D eigenvalue weighted by atomic mass is 9.90. The Balaban J connectivity index is 2.19. The van der Waals surface area contributed by atoms with E-state index >= 15 is 0 Å². The molecule has 0 aliphatic carbocycles. The average Bonchev–Trinajstić information content (AvgIpc) is 2.72. The lowest BCUT2D eigenvalue weighted by molar-refractivity contribution is 0.462. The fraction of sp³-hybridized carbons (Fsp3) is 0.375. The molecule has 0 saturated carbocycles. The normalized spacial score (nSPS) is 13.4. The number of halogens is 2. The lowest BCUT2D eigenvalue weighted by Crippen LogP contribution is -2.22. The summed E-state index contributed by atoms with van der Waals surface area (Å²) in [6.07, 6.45) is 3.33. The summed E-state index contributed by atoms with van der Waals surface area (Å²) in [4.78, 5) is 12.7. The van der Waals surface area contributed by atoms with Crippen LogP contribution < -0.4 is 11.1 Å². The molecule has 166 valence electrons. The summed E-state index contributed by atoms with van der Waals surface area (Å²) < 4.78 is 28.0. The fourth-order valence-electron chi connectivity index (χ4n) is 3.13. The Bertz CT molecular complexity index is 966. The molecular weight excluding hydrogens is 396 g/mol. The van der Waals surface area contributed by atoms with Crippen LogP contribution in [0.1, 0.15) is 45.5 Å². The minimum absolute atomic E-state index is 0.0922. The Labute approximate surface area is 183 Å². The molecule has 5 nitrogen and oxygen atoms in total. The van der Waals surface area contributed by atoms with Gasteiger partial charge in [-0.1, -0.05) is 51.1 Å². The third kappa shape index (κ3) is 6.98. The molecule has 0 spiro atoms. The number of nitrogens with one attached hydrogen (secondary N) is 1. The number of aliphatic imine (C=N–C) groups is 1. The molecule has 0 saturated heterocycles. The molecule has 3 N–H and O–H groups in total. The van der Waals surface area contributed by atoms with Crippen molar-refractivity contribution in [2.75, 3.05) is 11.9 Å². The zero-order chi connectivity index (χ0) is 23.0. The Morgan fingerprint density at radius 1 is 1.26 bits per heavy atom. The number of aromatic nitrogens is 2. The van der Waals surface area contributed by atoms with E-state index in [1.54, 1.807) is 24.3 Å². The average molecular weight is 428 g/mol. The molecular formula is C24H31F2N5. The molecule has 0 aliphatic rings. The topological polar surface area (TPSA) is 76.2 Å². The highest BCUT2D eigenvalue weighted by atomic mass is 19.1. The van der Waals surface area contributed by atoms with Gasteiger partial charge in [-0.2, -0.15) is 0 Å². The number of nitrogens with two attached hydrogens (primary N) is 1. The van der Waals surface area contributed by atoms with E-state index in [9.17, 15) is 8.78 Å². The zero-order valence-corrected chi connectivity index (χ0v) is 18.6. The molecule has 2 rings (SSSR count). The molecule has 0 radical (unpaired) electrons. The van der Waals surface area contributed by atoms with Gasteiger partial charge in [0, 0.05) is 17.8 Å². The summed E-state index contributed by atoms with van der Waals surface area (Å²) in [5, 5.41) is 3.05. The Morgan fingerprint density at radius 3 is 2.58 bits per heavy atom. The van der Waals surface area contributed by atoms with Crippen molar-refractivity contribution < 1.29 is 8.78 Å². The van der Waals surface area contributed by atoms with E-state index in [1.807, 2.05) is 13.8 Å². The molecule has 0 aliphatic heterocycles. The van der Waals surface area contributed by atoms with E-state index < -0.39 is 5.82 Å². The van der Waals surface area contributed by atoms with Crippen molar-refractivity contribution >= 4 is 17.2 Å². The highest BCUT2D eigenvalue weighted by molar-refractivity contribution is 5.99. The van der Waals surface area contributed by atoms with E-state index in [0.29, 0.717) is 30.2 Å². The van der Waals surface area contributed by atoms with Gasteiger partial charge in [-0.15, -0.1) is 0 Å². The highest BCUT2D eigenvalue weighted by Crippen LogP contribution is 2.20. The Kier molecular flexibility index (Phi) is 8.85. The number of benzene rings is 1. The molecule has 0 bridgehead atoms. The van der Waals surface area contributed by atoms with Gasteiger partial charge in [0.2, 0.25) is 0 Å². The summed E-state index contributed by atoms with van der Waals surface area (Å²) in [5.74, 6) is -0.0163. The summed E-state index contributed by atoms with van der Waals surface area (Å²) in [6.45, 7) is 12.8. The summed E-state index contributed by atoms with van der Waals surface area (Å²) in [7, 11) is 0. The quantitative estimate of drug-likeness (QED) is 0.395. The van der Waals surface area contributed by atoms with Crippen LogP contribution in [0.15, 0.2) is 53.7 Å². The van der Waals surface area contributed by atoms with Crippen molar-refractivity contribution in [1.29, 1.82) is 0 Å². The number of allylic oxidation sites excluding steroid dienone is 1. The van der Waals surface area contributed by atoms with Crippen molar-refractivity contribution in [1.82, 2.24) is 9.97 Å². The minimum Gasteiger partial charge on any atom is -0.396 e. The molecule has 1 heterocycles. The van der Waals surface area contributed by atoms with Gasteiger partial charge in [0.15, 0.2) is 17.5 Å². The molecule has 0 amide bonds. The number of nitrogens with zero attached hydrogens (tertiary/aromatic N) is 3. The predicted octanol–water partition coefficient (Wildman–Crippen LogP) is 5.37. The van der Waals surface area contributed by atoms with Crippen molar-refractivity contribution in [2.24, 2.45) is 22.6 Å². The minimum atomic E-state index is -0.551. The first kappa shape index (κ1) is 24.2. The number of anilines is 1. The van der Waals surface area contributed by atoms with Crippen LogP contribution in [0.3, 0.4) is 0 Å². The second-order valence-corrected chi connectivity index (χ2v) is 7.82. The Morgan fingerprint density at radius 2 is 1.97 bits per heavy atom. The number of hydrogen-bond donors (Lipinski definition) is 2. The summed E-state index contributed by atoms with van der Waals surface area (Å²) >= 11 is 0. The lowest BCUT2D eigenvalue weighted by Gasteiger charge is -2.22. The first-order valence-corrected chi connectivity index (χ1v) is 10.4. The molecule has 1 atom stereocenters. The van der Waals surface area contributed by atoms with Crippen LogP contribution >= 0.6 is 0 Å². The molecule has 31 heavy (non-hydrogen) atoms. The van der Waals surface area contributed by atoms with Gasteiger partial charge in [-0.05, 0) is 37.3 Å². The summed E-state index contributed by atoms with van der Waals surface area (Å²) in [6, 6.07) is 6.50.